The van der Waals surface area contributed by atoms with Crippen molar-refractivity contribution in [1.82, 2.24) is 5.32 Å². The molecule has 1 atom stereocenters. The molecule has 1 amide bonds. The standard InChI is InChI=1S/C35H68NO9P/c1-4-6-8-10-12-14-16-18-20-22-24-26-34(38)42-30-33(31-44-46(40,41)43-29-28-36-32(3)37)45-35(39)27-25-23-21-19-17-15-13-11-9-7-5-2/h33,40-41H,4-31H2,1-3H3/p+1. The van der Waals surface area contributed by atoms with Crippen molar-refractivity contribution in [2.75, 3.05) is 26.4 Å². The van der Waals surface area contributed by atoms with E-state index < -0.39 is 26.9 Å². The zero-order valence-corrected chi connectivity index (χ0v) is 30.5. The Labute approximate surface area is 281 Å². The van der Waals surface area contributed by atoms with Crippen LogP contribution in [0.25, 0.3) is 0 Å². The van der Waals surface area contributed by atoms with Gasteiger partial charge >= 0.3 is 20.1 Å². The zero-order valence-electron chi connectivity index (χ0n) is 29.6. The first-order valence-corrected chi connectivity index (χ1v) is 20.0. The summed E-state index contributed by atoms with van der Waals surface area (Å²) >= 11 is 0. The minimum Gasteiger partial charge on any atom is -0.462 e. The summed E-state index contributed by atoms with van der Waals surface area (Å²) in [6.45, 7) is 5.05. The second kappa shape index (κ2) is 32.2. The minimum atomic E-state index is -4.22. The molecule has 272 valence electrons. The van der Waals surface area contributed by atoms with Crippen LogP contribution in [0.4, 0.5) is 0 Å². The van der Waals surface area contributed by atoms with Crippen LogP contribution in [-0.4, -0.2) is 60.1 Å². The van der Waals surface area contributed by atoms with Crippen molar-refractivity contribution in [2.24, 2.45) is 0 Å². The number of unbranched alkanes of at least 4 members (excludes halogenated alkanes) is 20. The molecule has 0 spiro atoms. The molecule has 0 bridgehead atoms. The maximum absolute atomic E-state index is 12.5. The molecule has 0 saturated heterocycles. The molecule has 0 aliphatic carbocycles. The van der Waals surface area contributed by atoms with Gasteiger partial charge < -0.3 is 14.8 Å². The first kappa shape index (κ1) is 44.7. The van der Waals surface area contributed by atoms with E-state index in [0.717, 1.165) is 38.5 Å². The SMILES string of the molecule is CCCCCCCCCCCCCC(=O)OCC(CO[P+](O)(O)OCCNC(C)=O)OC(=O)CCCCCCCCCCCCC. The number of rotatable bonds is 34. The Morgan fingerprint density at radius 3 is 1.43 bits per heavy atom. The number of hydrogen-bond donors (Lipinski definition) is 3. The molecule has 11 heteroatoms. The van der Waals surface area contributed by atoms with Crippen molar-refractivity contribution in [3.63, 3.8) is 0 Å². The van der Waals surface area contributed by atoms with Gasteiger partial charge in [-0.1, -0.05) is 142 Å². The maximum atomic E-state index is 12.5. The minimum absolute atomic E-state index is 0.0790. The summed E-state index contributed by atoms with van der Waals surface area (Å²) in [7, 11) is -4.22. The second-order valence-electron chi connectivity index (χ2n) is 12.5. The van der Waals surface area contributed by atoms with Crippen LogP contribution in [0, 0.1) is 0 Å². The summed E-state index contributed by atoms with van der Waals surface area (Å²) in [6, 6.07) is 0. The highest BCUT2D eigenvalue weighted by Gasteiger charge is 2.41. The van der Waals surface area contributed by atoms with Crippen molar-refractivity contribution in [1.29, 1.82) is 0 Å². The van der Waals surface area contributed by atoms with Gasteiger partial charge in [0, 0.05) is 26.3 Å². The van der Waals surface area contributed by atoms with E-state index in [1.54, 1.807) is 0 Å². The van der Waals surface area contributed by atoms with Gasteiger partial charge in [-0.2, -0.15) is 14.3 Å². The average Bonchev–Trinajstić information content (AvgIpc) is 3.02. The van der Waals surface area contributed by atoms with Crippen molar-refractivity contribution in [2.45, 2.75) is 181 Å². The largest absolute Gasteiger partial charge is 0.570 e. The van der Waals surface area contributed by atoms with E-state index in [-0.39, 0.29) is 44.5 Å². The van der Waals surface area contributed by atoms with Gasteiger partial charge in [0.25, 0.3) is 0 Å². The van der Waals surface area contributed by atoms with Crippen LogP contribution in [0.2, 0.25) is 0 Å². The highest BCUT2D eigenvalue weighted by Crippen LogP contribution is 2.52. The number of nitrogens with one attached hydrogen (secondary N) is 1. The fraction of sp³-hybridized carbons (Fsp3) is 0.914. The number of ether oxygens (including phenoxy) is 2. The lowest BCUT2D eigenvalue weighted by molar-refractivity contribution is -0.161. The second-order valence-corrected chi connectivity index (χ2v) is 14.0. The monoisotopic (exact) mass is 678 g/mol. The molecule has 0 rings (SSSR count). The molecule has 0 saturated carbocycles. The third-order valence-electron chi connectivity index (χ3n) is 7.86. The van der Waals surface area contributed by atoms with E-state index in [0.29, 0.717) is 6.42 Å². The highest BCUT2D eigenvalue weighted by molar-refractivity contribution is 7.54. The van der Waals surface area contributed by atoms with Crippen LogP contribution >= 0.6 is 8.17 Å². The number of esters is 2. The van der Waals surface area contributed by atoms with Crippen LogP contribution < -0.4 is 5.32 Å². The molecule has 0 aromatic rings. The molecular formula is C35H69NO9P+. The maximum Gasteiger partial charge on any atom is 0.570 e. The molecule has 0 aliphatic heterocycles. The lowest BCUT2D eigenvalue weighted by Gasteiger charge is -2.18. The van der Waals surface area contributed by atoms with E-state index in [1.807, 2.05) is 0 Å². The third kappa shape index (κ3) is 32.6. The van der Waals surface area contributed by atoms with Crippen molar-refractivity contribution in [3.8, 4) is 0 Å². The van der Waals surface area contributed by atoms with Gasteiger partial charge in [0.15, 0.2) is 6.10 Å². The smallest absolute Gasteiger partial charge is 0.462 e. The topological polar surface area (TPSA) is 141 Å². The third-order valence-corrected chi connectivity index (χ3v) is 8.87. The van der Waals surface area contributed by atoms with E-state index >= 15 is 0 Å². The Balaban J connectivity index is 4.40. The van der Waals surface area contributed by atoms with Gasteiger partial charge in [-0.05, 0) is 12.8 Å². The summed E-state index contributed by atoms with van der Waals surface area (Å²) < 4.78 is 21.0. The Morgan fingerprint density at radius 1 is 0.587 bits per heavy atom. The van der Waals surface area contributed by atoms with E-state index in [1.165, 1.54) is 103 Å². The van der Waals surface area contributed by atoms with Crippen LogP contribution in [0.1, 0.15) is 175 Å². The van der Waals surface area contributed by atoms with Crippen LogP contribution in [0.15, 0.2) is 0 Å². The van der Waals surface area contributed by atoms with Crippen molar-refractivity contribution < 1.29 is 42.7 Å². The molecule has 0 aromatic carbocycles. The fourth-order valence-corrected chi connectivity index (χ4v) is 5.86. The predicted molar refractivity (Wildman–Crippen MR) is 185 cm³/mol. The summed E-state index contributed by atoms with van der Waals surface area (Å²) in [5.74, 6) is -1.11. The Morgan fingerprint density at radius 2 is 1.00 bits per heavy atom. The molecule has 10 nitrogen and oxygen atoms in total. The molecule has 46 heavy (non-hydrogen) atoms. The number of carbonyl (C=O) groups excluding carboxylic acids is 3. The van der Waals surface area contributed by atoms with Crippen LogP contribution in [0.3, 0.4) is 0 Å². The molecule has 0 heterocycles. The molecular weight excluding hydrogens is 609 g/mol. The van der Waals surface area contributed by atoms with Gasteiger partial charge in [-0.3, -0.25) is 14.4 Å². The number of amides is 1. The first-order valence-electron chi connectivity index (χ1n) is 18.4. The van der Waals surface area contributed by atoms with Gasteiger partial charge in [0.1, 0.15) is 19.8 Å². The first-order chi connectivity index (χ1) is 22.2. The van der Waals surface area contributed by atoms with Gasteiger partial charge in [-0.15, -0.1) is 4.52 Å². The zero-order chi connectivity index (χ0) is 34.1. The lowest BCUT2D eigenvalue weighted by Crippen LogP contribution is -2.30. The quantitative estimate of drug-likeness (QED) is 0.0346. The average molecular weight is 679 g/mol. The molecule has 0 aromatic heterocycles. The molecule has 0 radical (unpaired) electrons. The van der Waals surface area contributed by atoms with E-state index in [2.05, 4.69) is 19.2 Å². The molecule has 0 aliphatic rings. The summed E-state index contributed by atoms with van der Waals surface area (Å²) in [6.07, 6.45) is 25.4. The van der Waals surface area contributed by atoms with Crippen LogP contribution in [-0.2, 0) is 32.9 Å². The number of hydrogen-bond acceptors (Lipinski definition) is 9. The Hall–Kier alpha value is -1.32. The van der Waals surface area contributed by atoms with Crippen molar-refractivity contribution >= 4 is 26.0 Å². The van der Waals surface area contributed by atoms with Gasteiger partial charge in [0.05, 0.1) is 0 Å². The van der Waals surface area contributed by atoms with E-state index in [4.69, 9.17) is 18.5 Å². The molecule has 0 fully saturated rings. The molecule has 3 N–H and O–H groups in total. The predicted octanol–water partition coefficient (Wildman–Crippen LogP) is 8.68. The van der Waals surface area contributed by atoms with Gasteiger partial charge in [0.2, 0.25) is 5.91 Å². The normalized spacial score (nSPS) is 12.2. The lowest BCUT2D eigenvalue weighted by atomic mass is 10.1. The van der Waals surface area contributed by atoms with Crippen molar-refractivity contribution in [3.05, 3.63) is 0 Å². The summed E-state index contributed by atoms with van der Waals surface area (Å²) in [5, 5.41) is 2.48. The Kier molecular flexibility index (Phi) is 31.3. The molecule has 1 unspecified atom stereocenters. The Bertz CT molecular complexity index is 739. The number of carbonyl (C=O) groups is 3. The van der Waals surface area contributed by atoms with E-state index in [9.17, 15) is 24.2 Å². The summed E-state index contributed by atoms with van der Waals surface area (Å²) in [4.78, 5) is 56.0. The highest BCUT2D eigenvalue weighted by atomic mass is 31.2. The van der Waals surface area contributed by atoms with Gasteiger partial charge in [-0.25, -0.2) is 0 Å². The summed E-state index contributed by atoms with van der Waals surface area (Å²) in [5.41, 5.74) is 0. The fourth-order valence-electron chi connectivity index (χ4n) is 5.10. The van der Waals surface area contributed by atoms with Crippen LogP contribution in [0.5, 0.6) is 0 Å².